The maximum atomic E-state index is 12.4. The summed E-state index contributed by atoms with van der Waals surface area (Å²) in [6, 6.07) is 8.50. The predicted molar refractivity (Wildman–Crippen MR) is 107 cm³/mol. The summed E-state index contributed by atoms with van der Waals surface area (Å²) in [5.74, 6) is -0.260. The summed E-state index contributed by atoms with van der Waals surface area (Å²) >= 11 is 6.92. The van der Waals surface area contributed by atoms with Gasteiger partial charge in [-0.05, 0) is 37.1 Å². The van der Waals surface area contributed by atoms with Crippen molar-refractivity contribution < 1.29 is 18.8 Å². The second-order valence-electron chi connectivity index (χ2n) is 6.46. The van der Waals surface area contributed by atoms with Gasteiger partial charge in [-0.3, -0.25) is 10.1 Å². The molecule has 2 heterocycles. The van der Waals surface area contributed by atoms with Gasteiger partial charge in [-0.15, -0.1) is 0 Å². The van der Waals surface area contributed by atoms with Crippen molar-refractivity contribution in [3.8, 4) is 11.3 Å². The van der Waals surface area contributed by atoms with E-state index in [9.17, 15) is 9.59 Å². The number of benzene rings is 1. The van der Waals surface area contributed by atoms with Crippen molar-refractivity contribution in [1.82, 2.24) is 10.1 Å². The van der Waals surface area contributed by atoms with Gasteiger partial charge in [0.2, 0.25) is 0 Å². The van der Waals surface area contributed by atoms with Gasteiger partial charge in [0.05, 0.1) is 12.3 Å². The Bertz CT molecular complexity index is 995. The molecule has 9 heteroatoms. The molecule has 0 spiro atoms. The van der Waals surface area contributed by atoms with E-state index in [1.807, 2.05) is 13.8 Å². The third-order valence-corrected chi connectivity index (χ3v) is 4.93. The number of amides is 1. The number of esters is 1. The van der Waals surface area contributed by atoms with E-state index in [-0.39, 0.29) is 16.7 Å². The van der Waals surface area contributed by atoms with E-state index >= 15 is 0 Å². The Morgan fingerprint density at radius 2 is 2.00 bits per heavy atom. The number of carbonyl (C=O) groups is 2. The number of halogens is 1. The summed E-state index contributed by atoms with van der Waals surface area (Å²) in [6.45, 7) is 5.92. The minimum Gasteiger partial charge on any atom is -0.461 e. The van der Waals surface area contributed by atoms with Gasteiger partial charge in [0.15, 0.2) is 16.6 Å². The van der Waals surface area contributed by atoms with Gasteiger partial charge >= 0.3 is 5.97 Å². The Labute approximate surface area is 170 Å². The highest BCUT2D eigenvalue weighted by Crippen LogP contribution is 2.25. The van der Waals surface area contributed by atoms with Gasteiger partial charge in [0.1, 0.15) is 4.88 Å². The van der Waals surface area contributed by atoms with E-state index in [2.05, 4.69) is 15.5 Å². The molecule has 3 aromatic rings. The number of aryl methyl sites for hydroxylation is 1. The van der Waals surface area contributed by atoms with Crippen molar-refractivity contribution in [3.63, 3.8) is 0 Å². The topological polar surface area (TPSA) is 94.3 Å². The van der Waals surface area contributed by atoms with Crippen LogP contribution in [0.2, 0.25) is 5.02 Å². The number of nitrogens with one attached hydrogen (secondary N) is 1. The first kappa shape index (κ1) is 20.0. The Balaban J connectivity index is 1.69. The van der Waals surface area contributed by atoms with Crippen LogP contribution in [0.15, 0.2) is 34.9 Å². The second kappa shape index (κ2) is 8.53. The van der Waals surface area contributed by atoms with Gasteiger partial charge in [-0.2, -0.15) is 0 Å². The fourth-order valence-electron chi connectivity index (χ4n) is 2.24. The van der Waals surface area contributed by atoms with Crippen molar-refractivity contribution in [2.24, 2.45) is 5.92 Å². The average Bonchev–Trinajstić information content (AvgIpc) is 3.27. The monoisotopic (exact) mass is 419 g/mol. The number of ether oxygens (including phenoxy) is 1. The quantitative estimate of drug-likeness (QED) is 0.575. The molecule has 28 heavy (non-hydrogen) atoms. The number of rotatable bonds is 6. The van der Waals surface area contributed by atoms with Crippen molar-refractivity contribution in [3.05, 3.63) is 51.6 Å². The van der Waals surface area contributed by atoms with Crippen LogP contribution in [0.5, 0.6) is 0 Å². The van der Waals surface area contributed by atoms with Gasteiger partial charge in [-0.25, -0.2) is 9.78 Å². The standard InChI is InChI=1S/C19H18ClN3O4S/c1-10(2)9-26-18(25)16-11(3)21-19(28-16)22-17(24)14-8-15(27-23-14)12-4-6-13(20)7-5-12/h4-8,10H,9H2,1-3H3,(H,21,22,24). The maximum absolute atomic E-state index is 12.4. The smallest absolute Gasteiger partial charge is 0.350 e. The molecule has 0 aliphatic heterocycles. The summed E-state index contributed by atoms with van der Waals surface area (Å²) in [5.41, 5.74) is 1.34. The minimum absolute atomic E-state index is 0.0988. The number of carbonyl (C=O) groups excluding carboxylic acids is 2. The van der Waals surface area contributed by atoms with Crippen molar-refractivity contribution >= 4 is 39.9 Å². The maximum Gasteiger partial charge on any atom is 0.350 e. The summed E-state index contributed by atoms with van der Waals surface area (Å²) in [7, 11) is 0. The van der Waals surface area contributed by atoms with Crippen molar-refractivity contribution in [1.29, 1.82) is 0 Å². The van der Waals surface area contributed by atoms with Crippen LogP contribution in [0.1, 0.15) is 39.7 Å². The Morgan fingerprint density at radius 3 is 2.68 bits per heavy atom. The van der Waals surface area contributed by atoms with Crippen LogP contribution in [0.4, 0.5) is 5.13 Å². The molecule has 7 nitrogen and oxygen atoms in total. The van der Waals surface area contributed by atoms with Crippen LogP contribution < -0.4 is 5.32 Å². The lowest BCUT2D eigenvalue weighted by atomic mass is 10.1. The second-order valence-corrected chi connectivity index (χ2v) is 7.90. The van der Waals surface area contributed by atoms with Crippen molar-refractivity contribution in [2.45, 2.75) is 20.8 Å². The lowest BCUT2D eigenvalue weighted by Gasteiger charge is -2.05. The molecule has 2 aromatic heterocycles. The molecule has 0 saturated heterocycles. The van der Waals surface area contributed by atoms with E-state index in [4.69, 9.17) is 20.9 Å². The van der Waals surface area contributed by atoms with Crippen LogP contribution in [0.3, 0.4) is 0 Å². The van der Waals surface area contributed by atoms with E-state index in [1.165, 1.54) is 6.07 Å². The van der Waals surface area contributed by atoms with E-state index < -0.39 is 11.9 Å². The molecule has 0 atom stereocenters. The van der Waals surface area contributed by atoms with E-state index in [0.29, 0.717) is 28.0 Å². The lowest BCUT2D eigenvalue weighted by molar-refractivity contribution is 0.0463. The molecule has 1 N–H and O–H groups in total. The molecule has 1 amide bonds. The number of hydrogen-bond donors (Lipinski definition) is 1. The molecule has 0 aliphatic carbocycles. The molecule has 0 unspecified atom stereocenters. The highest BCUT2D eigenvalue weighted by atomic mass is 35.5. The van der Waals surface area contributed by atoms with Gasteiger partial charge in [0, 0.05) is 16.7 Å². The summed E-state index contributed by atoms with van der Waals surface area (Å²) in [6.07, 6.45) is 0. The number of nitrogens with zero attached hydrogens (tertiary/aromatic N) is 2. The highest BCUT2D eigenvalue weighted by molar-refractivity contribution is 7.17. The molecule has 0 fully saturated rings. The Morgan fingerprint density at radius 1 is 1.29 bits per heavy atom. The zero-order chi connectivity index (χ0) is 20.3. The molecule has 0 bridgehead atoms. The fraction of sp³-hybridized carbons (Fsp3) is 0.263. The number of hydrogen-bond acceptors (Lipinski definition) is 7. The third-order valence-electron chi connectivity index (χ3n) is 3.62. The minimum atomic E-state index is -0.486. The summed E-state index contributed by atoms with van der Waals surface area (Å²) in [4.78, 5) is 29.1. The molecular weight excluding hydrogens is 402 g/mol. The Kier molecular flexibility index (Phi) is 6.11. The zero-order valence-corrected chi connectivity index (χ0v) is 17.1. The molecule has 146 valence electrons. The fourth-order valence-corrected chi connectivity index (χ4v) is 3.22. The molecule has 0 aliphatic rings. The first-order chi connectivity index (χ1) is 13.3. The van der Waals surface area contributed by atoms with Crippen molar-refractivity contribution in [2.75, 3.05) is 11.9 Å². The normalized spacial score (nSPS) is 10.9. The van der Waals surface area contributed by atoms with Gasteiger partial charge in [-0.1, -0.05) is 41.9 Å². The third kappa shape index (κ3) is 4.76. The first-order valence-corrected chi connectivity index (χ1v) is 9.71. The molecule has 0 saturated carbocycles. The first-order valence-electron chi connectivity index (χ1n) is 8.52. The van der Waals surface area contributed by atoms with Crippen LogP contribution >= 0.6 is 22.9 Å². The summed E-state index contributed by atoms with van der Waals surface area (Å²) in [5, 5.41) is 7.31. The molecule has 1 aromatic carbocycles. The van der Waals surface area contributed by atoms with E-state index in [0.717, 1.165) is 16.9 Å². The van der Waals surface area contributed by atoms with Crippen LogP contribution in [0, 0.1) is 12.8 Å². The average molecular weight is 420 g/mol. The molecule has 0 radical (unpaired) electrons. The summed E-state index contributed by atoms with van der Waals surface area (Å²) < 4.78 is 10.4. The Hall–Kier alpha value is -2.71. The predicted octanol–water partition coefficient (Wildman–Crippen LogP) is 4.83. The molecular formula is C19H18ClN3O4S. The van der Waals surface area contributed by atoms with Gasteiger partial charge < -0.3 is 9.26 Å². The lowest BCUT2D eigenvalue weighted by Crippen LogP contribution is -2.11. The largest absolute Gasteiger partial charge is 0.461 e. The highest BCUT2D eigenvalue weighted by Gasteiger charge is 2.20. The van der Waals surface area contributed by atoms with Crippen LogP contribution in [0.25, 0.3) is 11.3 Å². The van der Waals surface area contributed by atoms with Gasteiger partial charge in [0.25, 0.3) is 5.91 Å². The zero-order valence-electron chi connectivity index (χ0n) is 15.5. The van der Waals surface area contributed by atoms with E-state index in [1.54, 1.807) is 31.2 Å². The van der Waals surface area contributed by atoms with Crippen LogP contribution in [-0.4, -0.2) is 28.6 Å². The number of thiazole rings is 1. The van der Waals surface area contributed by atoms with Crippen LogP contribution in [-0.2, 0) is 4.74 Å². The number of aromatic nitrogens is 2. The SMILES string of the molecule is Cc1nc(NC(=O)c2cc(-c3ccc(Cl)cc3)on2)sc1C(=O)OCC(C)C. The number of anilines is 1. The molecule has 3 rings (SSSR count).